The average Bonchev–Trinajstić information content (AvgIpc) is 2.37. The molecule has 1 aliphatic rings. The molecular weight excluding hydrogens is 240 g/mol. The van der Waals surface area contributed by atoms with E-state index in [1.807, 2.05) is 11.9 Å². The van der Waals surface area contributed by atoms with Crippen LogP contribution < -0.4 is 0 Å². The van der Waals surface area contributed by atoms with Gasteiger partial charge in [-0.15, -0.1) is 0 Å². The Morgan fingerprint density at radius 3 is 2.58 bits per heavy atom. The Hall–Kier alpha value is -1.49. The van der Waals surface area contributed by atoms with Gasteiger partial charge in [0, 0.05) is 32.1 Å². The van der Waals surface area contributed by atoms with Crippen molar-refractivity contribution >= 4 is 5.91 Å². The standard InChI is InChI=1S/C14H23N4O/c1-11-15-8-5-13(16-11)14(19)17(2)12-6-9-18(3,4)10-7-12/h5,8,12H,6-7,9-10H2,1-4H3/q+1. The molecule has 1 aromatic rings. The van der Waals surface area contributed by atoms with Crippen molar-refractivity contribution < 1.29 is 9.28 Å². The number of nitrogens with zero attached hydrogens (tertiary/aromatic N) is 4. The summed E-state index contributed by atoms with van der Waals surface area (Å²) in [6.45, 7) is 4.04. The van der Waals surface area contributed by atoms with Crippen molar-refractivity contribution in [2.24, 2.45) is 0 Å². The van der Waals surface area contributed by atoms with Crippen LogP contribution in [0.1, 0.15) is 29.2 Å². The molecule has 0 saturated carbocycles. The molecule has 1 fully saturated rings. The Morgan fingerprint density at radius 2 is 2.00 bits per heavy atom. The highest BCUT2D eigenvalue weighted by Crippen LogP contribution is 2.19. The lowest BCUT2D eigenvalue weighted by Crippen LogP contribution is -2.52. The van der Waals surface area contributed by atoms with Crippen molar-refractivity contribution in [3.05, 3.63) is 23.8 Å². The number of carbonyl (C=O) groups is 1. The fourth-order valence-corrected chi connectivity index (χ4v) is 2.56. The maximum atomic E-state index is 12.4. The summed E-state index contributed by atoms with van der Waals surface area (Å²) in [5.74, 6) is 0.642. The van der Waals surface area contributed by atoms with E-state index < -0.39 is 0 Å². The Morgan fingerprint density at radius 1 is 1.37 bits per heavy atom. The van der Waals surface area contributed by atoms with Gasteiger partial charge in [-0.05, 0) is 13.0 Å². The zero-order valence-corrected chi connectivity index (χ0v) is 12.3. The van der Waals surface area contributed by atoms with E-state index in [1.54, 1.807) is 19.2 Å². The smallest absolute Gasteiger partial charge is 0.272 e. The molecule has 0 bridgehead atoms. The number of amides is 1. The molecule has 0 aromatic carbocycles. The molecule has 5 nitrogen and oxygen atoms in total. The average molecular weight is 263 g/mol. The third-order valence-electron chi connectivity index (χ3n) is 4.00. The normalized spacial score (nSPS) is 19.2. The van der Waals surface area contributed by atoms with Crippen molar-refractivity contribution in [2.75, 3.05) is 34.2 Å². The third-order valence-corrected chi connectivity index (χ3v) is 4.00. The molecule has 2 heterocycles. The first-order valence-electron chi connectivity index (χ1n) is 6.78. The molecule has 1 amide bonds. The van der Waals surface area contributed by atoms with Crippen molar-refractivity contribution in [3.8, 4) is 0 Å². The number of piperidine rings is 1. The molecule has 0 radical (unpaired) electrons. The van der Waals surface area contributed by atoms with Crippen LogP contribution in [0.25, 0.3) is 0 Å². The molecule has 1 saturated heterocycles. The van der Waals surface area contributed by atoms with E-state index in [9.17, 15) is 4.79 Å². The second kappa shape index (κ2) is 5.25. The molecule has 0 N–H and O–H groups in total. The lowest BCUT2D eigenvalue weighted by Gasteiger charge is -2.40. The van der Waals surface area contributed by atoms with Gasteiger partial charge in [-0.2, -0.15) is 0 Å². The van der Waals surface area contributed by atoms with Gasteiger partial charge in [0.05, 0.1) is 27.2 Å². The minimum absolute atomic E-state index is 0.00251. The summed E-state index contributed by atoms with van der Waals surface area (Å²) in [6, 6.07) is 2.02. The molecule has 0 aliphatic carbocycles. The fourth-order valence-electron chi connectivity index (χ4n) is 2.56. The first-order valence-corrected chi connectivity index (χ1v) is 6.78. The minimum Gasteiger partial charge on any atom is -0.337 e. The summed E-state index contributed by atoms with van der Waals surface area (Å²) in [6.07, 6.45) is 3.75. The van der Waals surface area contributed by atoms with Crippen molar-refractivity contribution in [1.82, 2.24) is 14.9 Å². The Labute approximate surface area is 114 Å². The summed E-state index contributed by atoms with van der Waals surface area (Å²) in [4.78, 5) is 22.5. The lowest BCUT2D eigenvalue weighted by atomic mass is 10.0. The second-order valence-electron chi connectivity index (χ2n) is 6.02. The molecule has 5 heteroatoms. The topological polar surface area (TPSA) is 46.1 Å². The molecule has 2 rings (SSSR count). The van der Waals surface area contributed by atoms with Crippen LogP contribution in [-0.4, -0.2) is 65.5 Å². The Kier molecular flexibility index (Phi) is 3.85. The predicted octanol–water partition coefficient (Wildman–Crippen LogP) is 1.10. The van der Waals surface area contributed by atoms with Crippen LogP contribution in [0.4, 0.5) is 0 Å². The number of carbonyl (C=O) groups excluding carboxylic acids is 1. The summed E-state index contributed by atoms with van der Waals surface area (Å²) >= 11 is 0. The van der Waals surface area contributed by atoms with E-state index in [2.05, 4.69) is 24.1 Å². The molecule has 1 aliphatic heterocycles. The maximum absolute atomic E-state index is 12.4. The third kappa shape index (κ3) is 3.29. The first-order chi connectivity index (χ1) is 8.89. The van der Waals surface area contributed by atoms with Gasteiger partial charge in [-0.25, -0.2) is 9.97 Å². The predicted molar refractivity (Wildman–Crippen MR) is 73.7 cm³/mol. The molecule has 0 atom stereocenters. The van der Waals surface area contributed by atoms with Gasteiger partial charge in [-0.1, -0.05) is 0 Å². The lowest BCUT2D eigenvalue weighted by molar-refractivity contribution is -0.895. The molecule has 0 spiro atoms. The van der Waals surface area contributed by atoms with Gasteiger partial charge in [0.1, 0.15) is 11.5 Å². The number of hydrogen-bond acceptors (Lipinski definition) is 3. The van der Waals surface area contributed by atoms with E-state index in [1.165, 1.54) is 0 Å². The largest absolute Gasteiger partial charge is 0.337 e. The van der Waals surface area contributed by atoms with E-state index in [0.717, 1.165) is 30.4 Å². The van der Waals surface area contributed by atoms with Gasteiger partial charge >= 0.3 is 0 Å². The summed E-state index contributed by atoms with van der Waals surface area (Å²) in [5, 5.41) is 0. The quantitative estimate of drug-likeness (QED) is 0.751. The highest BCUT2D eigenvalue weighted by atomic mass is 16.2. The number of aromatic nitrogens is 2. The van der Waals surface area contributed by atoms with Gasteiger partial charge in [0.25, 0.3) is 5.91 Å². The highest BCUT2D eigenvalue weighted by Gasteiger charge is 2.31. The van der Waals surface area contributed by atoms with E-state index in [4.69, 9.17) is 0 Å². The Balaban J connectivity index is 2.04. The number of hydrogen-bond donors (Lipinski definition) is 0. The van der Waals surface area contributed by atoms with Crippen LogP contribution in [-0.2, 0) is 0 Å². The van der Waals surface area contributed by atoms with Crippen LogP contribution in [0.2, 0.25) is 0 Å². The van der Waals surface area contributed by atoms with E-state index in [-0.39, 0.29) is 5.91 Å². The van der Waals surface area contributed by atoms with E-state index in [0.29, 0.717) is 17.6 Å². The first kappa shape index (κ1) is 13.9. The van der Waals surface area contributed by atoms with Gasteiger partial charge < -0.3 is 9.38 Å². The minimum atomic E-state index is 0.00251. The van der Waals surface area contributed by atoms with E-state index >= 15 is 0 Å². The number of aryl methyl sites for hydroxylation is 1. The monoisotopic (exact) mass is 263 g/mol. The van der Waals surface area contributed by atoms with Crippen molar-refractivity contribution in [2.45, 2.75) is 25.8 Å². The zero-order chi connectivity index (χ0) is 14.0. The number of quaternary nitrogens is 1. The molecular formula is C14H23N4O+. The highest BCUT2D eigenvalue weighted by molar-refractivity contribution is 5.92. The summed E-state index contributed by atoms with van der Waals surface area (Å²) in [5.41, 5.74) is 0.495. The Bertz CT molecular complexity index is 462. The SMILES string of the molecule is Cc1nccc(C(=O)N(C)C2CC[N+](C)(C)CC2)n1. The number of rotatable bonds is 2. The van der Waals surface area contributed by atoms with Crippen molar-refractivity contribution in [3.63, 3.8) is 0 Å². The van der Waals surface area contributed by atoms with Gasteiger partial charge in [-0.3, -0.25) is 4.79 Å². The van der Waals surface area contributed by atoms with Crippen LogP contribution in [0.5, 0.6) is 0 Å². The summed E-state index contributed by atoms with van der Waals surface area (Å²) < 4.78 is 1.05. The van der Waals surface area contributed by atoms with Gasteiger partial charge in [0.2, 0.25) is 0 Å². The maximum Gasteiger partial charge on any atom is 0.272 e. The summed E-state index contributed by atoms with van der Waals surface area (Å²) in [7, 11) is 6.37. The zero-order valence-electron chi connectivity index (χ0n) is 12.3. The number of likely N-dealkylation sites (tertiary alicyclic amines) is 1. The van der Waals surface area contributed by atoms with Crippen molar-refractivity contribution in [1.29, 1.82) is 0 Å². The fraction of sp³-hybridized carbons (Fsp3) is 0.643. The molecule has 0 unspecified atom stereocenters. The second-order valence-corrected chi connectivity index (χ2v) is 6.02. The molecule has 1 aromatic heterocycles. The van der Waals surface area contributed by atoms with Gasteiger partial charge in [0.15, 0.2) is 0 Å². The molecule has 104 valence electrons. The van der Waals surface area contributed by atoms with Crippen LogP contribution in [0.15, 0.2) is 12.3 Å². The van der Waals surface area contributed by atoms with Crippen LogP contribution in [0.3, 0.4) is 0 Å². The van der Waals surface area contributed by atoms with Crippen LogP contribution >= 0.6 is 0 Å². The van der Waals surface area contributed by atoms with Crippen LogP contribution in [0, 0.1) is 6.92 Å². The molecule has 19 heavy (non-hydrogen) atoms.